The number of amidine groups is 1. The van der Waals surface area contributed by atoms with Gasteiger partial charge < -0.3 is 5.32 Å². The van der Waals surface area contributed by atoms with Crippen LogP contribution >= 0.6 is 23.2 Å². The van der Waals surface area contributed by atoms with Crippen LogP contribution in [0.4, 0.5) is 0 Å². The first-order valence-corrected chi connectivity index (χ1v) is 3.17. The molecule has 0 fully saturated rings. The second-order valence-electron chi connectivity index (χ2n) is 1.38. The van der Waals surface area contributed by atoms with E-state index in [1.165, 1.54) is 0 Å². The fourth-order valence-electron chi connectivity index (χ4n) is 0.283. The molecule has 0 saturated carbocycles. The van der Waals surface area contributed by atoms with Gasteiger partial charge in [0.1, 0.15) is 10.2 Å². The molecule has 0 aromatic rings. The molecule has 10 heavy (non-hydrogen) atoms. The van der Waals surface area contributed by atoms with Gasteiger partial charge in [-0.3, -0.25) is 5.41 Å². The zero-order chi connectivity index (χ0) is 8.15. The Morgan fingerprint density at radius 3 is 2.40 bits per heavy atom. The lowest BCUT2D eigenvalue weighted by Gasteiger charge is -1.98. The molecule has 0 aliphatic carbocycles. The molecule has 0 rings (SSSR count). The van der Waals surface area contributed by atoms with Crippen LogP contribution in [0.15, 0.2) is 15.2 Å². The molecule has 0 bridgehead atoms. The standard InChI is InChI=1S/C5H7Cl2N3/c1-9-4(7)3(6)5(8)10-2/h8-9H,2H2,1H3. The molecule has 0 aromatic heterocycles. The zero-order valence-corrected chi connectivity index (χ0v) is 6.92. The van der Waals surface area contributed by atoms with Crippen molar-refractivity contribution in [2.45, 2.75) is 0 Å². The molecular formula is C5H7Cl2N3. The second-order valence-corrected chi connectivity index (χ2v) is 2.14. The lowest BCUT2D eigenvalue weighted by Crippen LogP contribution is -2.05. The third kappa shape index (κ3) is 2.37. The van der Waals surface area contributed by atoms with Gasteiger partial charge in [0.2, 0.25) is 0 Å². The minimum atomic E-state index is -0.138. The quantitative estimate of drug-likeness (QED) is 0.377. The van der Waals surface area contributed by atoms with Crippen LogP contribution in [-0.4, -0.2) is 19.6 Å². The van der Waals surface area contributed by atoms with Crippen LogP contribution in [0.5, 0.6) is 0 Å². The lowest BCUT2D eigenvalue weighted by atomic mass is 10.5. The minimum Gasteiger partial charge on any atom is -0.378 e. The summed E-state index contributed by atoms with van der Waals surface area (Å²) in [6.45, 7) is 3.12. The smallest absolute Gasteiger partial charge is 0.165 e. The molecule has 0 unspecified atom stereocenters. The fraction of sp³-hybridized carbons (Fsp3) is 0.200. The summed E-state index contributed by atoms with van der Waals surface area (Å²) in [5.74, 6) is -0.138. The first kappa shape index (κ1) is 9.46. The van der Waals surface area contributed by atoms with Gasteiger partial charge >= 0.3 is 0 Å². The Bertz CT molecular complexity index is 185. The molecular weight excluding hydrogens is 173 g/mol. The summed E-state index contributed by atoms with van der Waals surface area (Å²) in [6.07, 6.45) is 0. The van der Waals surface area contributed by atoms with Crippen molar-refractivity contribution >= 4 is 35.8 Å². The predicted molar refractivity (Wildman–Crippen MR) is 45.1 cm³/mol. The van der Waals surface area contributed by atoms with E-state index >= 15 is 0 Å². The Kier molecular flexibility index (Phi) is 4.07. The van der Waals surface area contributed by atoms with E-state index in [-0.39, 0.29) is 16.0 Å². The van der Waals surface area contributed by atoms with Gasteiger partial charge in [-0.15, -0.1) is 0 Å². The van der Waals surface area contributed by atoms with Gasteiger partial charge in [0, 0.05) is 7.05 Å². The van der Waals surface area contributed by atoms with Gasteiger partial charge in [-0.1, -0.05) is 23.2 Å². The van der Waals surface area contributed by atoms with Gasteiger partial charge in [0.15, 0.2) is 5.84 Å². The number of hydrogen-bond donors (Lipinski definition) is 2. The Hall–Kier alpha value is -0.540. The Balaban J connectivity index is 4.45. The number of rotatable bonds is 2. The molecule has 3 nitrogen and oxygen atoms in total. The van der Waals surface area contributed by atoms with E-state index in [1.54, 1.807) is 7.05 Å². The maximum atomic E-state index is 7.03. The molecule has 0 aromatic carbocycles. The average molecular weight is 180 g/mol. The highest BCUT2D eigenvalue weighted by Crippen LogP contribution is 2.11. The second kappa shape index (κ2) is 4.30. The third-order valence-corrected chi connectivity index (χ3v) is 1.62. The number of nitrogens with one attached hydrogen (secondary N) is 2. The molecule has 0 atom stereocenters. The molecule has 0 spiro atoms. The maximum Gasteiger partial charge on any atom is 0.165 e. The molecule has 0 aliphatic heterocycles. The highest BCUT2D eigenvalue weighted by atomic mass is 35.5. The molecule has 2 N–H and O–H groups in total. The van der Waals surface area contributed by atoms with E-state index in [0.717, 1.165) is 0 Å². The number of aliphatic imine (C=N–C) groups is 1. The Morgan fingerprint density at radius 2 is 2.10 bits per heavy atom. The zero-order valence-electron chi connectivity index (χ0n) is 5.41. The van der Waals surface area contributed by atoms with Gasteiger partial charge in [-0.2, -0.15) is 0 Å². The van der Waals surface area contributed by atoms with Gasteiger partial charge in [-0.05, 0) is 6.72 Å². The minimum absolute atomic E-state index is 0.0687. The topological polar surface area (TPSA) is 48.2 Å². The summed E-state index contributed by atoms with van der Waals surface area (Å²) < 4.78 is 0. The van der Waals surface area contributed by atoms with E-state index in [1.807, 2.05) is 0 Å². The first-order valence-electron chi connectivity index (χ1n) is 2.42. The van der Waals surface area contributed by atoms with Crippen molar-refractivity contribution in [1.82, 2.24) is 5.32 Å². The monoisotopic (exact) mass is 179 g/mol. The van der Waals surface area contributed by atoms with Crippen LogP contribution in [0.1, 0.15) is 0 Å². The van der Waals surface area contributed by atoms with Crippen molar-refractivity contribution in [2.75, 3.05) is 7.05 Å². The van der Waals surface area contributed by atoms with Crippen molar-refractivity contribution in [3.8, 4) is 0 Å². The van der Waals surface area contributed by atoms with Crippen LogP contribution < -0.4 is 5.32 Å². The molecule has 0 heterocycles. The lowest BCUT2D eigenvalue weighted by molar-refractivity contribution is 1.07. The normalized spacial score (nSPS) is 11.9. The van der Waals surface area contributed by atoms with Gasteiger partial charge in [-0.25, -0.2) is 4.99 Å². The summed E-state index contributed by atoms with van der Waals surface area (Å²) in [5.41, 5.74) is 0. The summed E-state index contributed by atoms with van der Waals surface area (Å²) in [6, 6.07) is 0. The fourth-order valence-corrected chi connectivity index (χ4v) is 0.527. The van der Waals surface area contributed by atoms with E-state index in [4.69, 9.17) is 28.6 Å². The molecule has 0 saturated heterocycles. The van der Waals surface area contributed by atoms with Crippen LogP contribution in [0.25, 0.3) is 0 Å². The van der Waals surface area contributed by atoms with Gasteiger partial charge in [0.05, 0.1) is 0 Å². The summed E-state index contributed by atoms with van der Waals surface area (Å²) in [4.78, 5) is 3.28. The summed E-state index contributed by atoms with van der Waals surface area (Å²) >= 11 is 11.0. The van der Waals surface area contributed by atoms with Crippen LogP contribution in [-0.2, 0) is 0 Å². The molecule has 5 heteroatoms. The van der Waals surface area contributed by atoms with E-state index in [9.17, 15) is 0 Å². The van der Waals surface area contributed by atoms with Crippen LogP contribution in [0.3, 0.4) is 0 Å². The first-order chi connectivity index (χ1) is 4.63. The van der Waals surface area contributed by atoms with Crippen LogP contribution in [0, 0.1) is 5.41 Å². The van der Waals surface area contributed by atoms with E-state index < -0.39 is 0 Å². The van der Waals surface area contributed by atoms with Crippen molar-refractivity contribution in [3.63, 3.8) is 0 Å². The summed E-state index contributed by atoms with van der Waals surface area (Å²) in [5, 5.41) is 9.86. The van der Waals surface area contributed by atoms with Crippen molar-refractivity contribution < 1.29 is 0 Å². The molecule has 56 valence electrons. The van der Waals surface area contributed by atoms with E-state index in [2.05, 4.69) is 17.0 Å². The van der Waals surface area contributed by atoms with Crippen molar-refractivity contribution in [3.05, 3.63) is 10.2 Å². The highest BCUT2D eigenvalue weighted by molar-refractivity contribution is 6.48. The average Bonchev–Trinajstić information content (AvgIpc) is 2.00. The SMILES string of the molecule is C=NC(=N)C(Cl)=C(Cl)NC. The van der Waals surface area contributed by atoms with Gasteiger partial charge in [0.25, 0.3) is 0 Å². The molecule has 0 aliphatic rings. The maximum absolute atomic E-state index is 7.03. The van der Waals surface area contributed by atoms with Crippen molar-refractivity contribution in [2.24, 2.45) is 4.99 Å². The third-order valence-electron chi connectivity index (χ3n) is 0.778. The Labute approximate surface area is 69.2 Å². The largest absolute Gasteiger partial charge is 0.378 e. The highest BCUT2D eigenvalue weighted by Gasteiger charge is 2.03. The number of halogens is 2. The predicted octanol–water partition coefficient (Wildman–Crippen LogP) is 1.53. The van der Waals surface area contributed by atoms with Crippen molar-refractivity contribution in [1.29, 1.82) is 5.41 Å². The van der Waals surface area contributed by atoms with E-state index in [0.29, 0.717) is 0 Å². The number of hydrogen-bond acceptors (Lipinski definition) is 2. The summed E-state index contributed by atoms with van der Waals surface area (Å²) in [7, 11) is 1.60. The number of nitrogens with zero attached hydrogens (tertiary/aromatic N) is 1. The molecule has 0 radical (unpaired) electrons. The Morgan fingerprint density at radius 1 is 1.60 bits per heavy atom. The van der Waals surface area contributed by atoms with Crippen LogP contribution in [0.2, 0.25) is 0 Å². The molecule has 0 amide bonds.